The molecule has 16 heavy (non-hydrogen) atoms. The average Bonchev–Trinajstić information content (AvgIpc) is 2.28. The predicted octanol–water partition coefficient (Wildman–Crippen LogP) is 0.869. The summed E-state index contributed by atoms with van der Waals surface area (Å²) in [6.07, 6.45) is 0. The molecule has 0 fully saturated rings. The number of Topliss-reactive ketones (excluding diaryl/α,β-unsaturated/α-hetero) is 1. The van der Waals surface area contributed by atoms with Crippen LogP contribution in [0.5, 0.6) is 11.5 Å². The van der Waals surface area contributed by atoms with Crippen LogP contribution < -0.4 is 15.2 Å². The van der Waals surface area contributed by atoms with E-state index in [1.807, 2.05) is 0 Å². The predicted molar refractivity (Wildman–Crippen MR) is 58.1 cm³/mol. The van der Waals surface area contributed by atoms with Gasteiger partial charge < -0.3 is 19.9 Å². The van der Waals surface area contributed by atoms with Crippen molar-refractivity contribution in [3.8, 4) is 11.5 Å². The van der Waals surface area contributed by atoms with Crippen LogP contribution >= 0.6 is 0 Å². The number of methoxy groups -OCH3 is 1. The fraction of sp³-hybridized carbons (Fsp3) is 0.364. The lowest BCUT2D eigenvalue weighted by Crippen LogP contribution is -2.17. The summed E-state index contributed by atoms with van der Waals surface area (Å²) in [5.41, 5.74) is 6.55. The van der Waals surface area contributed by atoms with E-state index in [0.29, 0.717) is 36.0 Å². The first-order valence-corrected chi connectivity index (χ1v) is 4.93. The maximum absolute atomic E-state index is 11.6. The number of ketones is 1. The van der Waals surface area contributed by atoms with E-state index in [0.717, 1.165) is 0 Å². The molecule has 2 N–H and O–H groups in total. The van der Waals surface area contributed by atoms with Crippen LogP contribution in [0.25, 0.3) is 0 Å². The van der Waals surface area contributed by atoms with Crippen LogP contribution in [0.15, 0.2) is 12.1 Å². The molecular formula is C11H13NO4. The van der Waals surface area contributed by atoms with Crippen molar-refractivity contribution in [2.75, 3.05) is 32.7 Å². The number of fused-ring (bicyclic) bond motifs is 1. The highest BCUT2D eigenvalue weighted by atomic mass is 16.6. The van der Waals surface area contributed by atoms with Crippen molar-refractivity contribution < 1.29 is 19.0 Å². The van der Waals surface area contributed by atoms with Gasteiger partial charge in [-0.15, -0.1) is 0 Å². The Balaban J connectivity index is 2.35. The van der Waals surface area contributed by atoms with Gasteiger partial charge >= 0.3 is 0 Å². The van der Waals surface area contributed by atoms with E-state index >= 15 is 0 Å². The molecular weight excluding hydrogens is 210 g/mol. The fourth-order valence-corrected chi connectivity index (χ4v) is 1.55. The quantitative estimate of drug-likeness (QED) is 0.608. The molecule has 0 spiro atoms. The molecule has 1 aromatic rings. The topological polar surface area (TPSA) is 70.8 Å². The molecule has 1 aromatic carbocycles. The number of nitrogens with two attached hydrogens (primary N) is 1. The van der Waals surface area contributed by atoms with E-state index in [-0.39, 0.29) is 12.4 Å². The highest BCUT2D eigenvalue weighted by Crippen LogP contribution is 2.34. The number of carbonyl (C=O) groups excluding carboxylic acids is 1. The number of anilines is 1. The summed E-state index contributed by atoms with van der Waals surface area (Å²) in [5.74, 6) is 0.967. The minimum Gasteiger partial charge on any atom is -0.486 e. The van der Waals surface area contributed by atoms with Gasteiger partial charge in [0.25, 0.3) is 0 Å². The lowest BCUT2D eigenvalue weighted by Gasteiger charge is -2.19. The Bertz CT molecular complexity index is 417. The van der Waals surface area contributed by atoms with Crippen molar-refractivity contribution in [2.24, 2.45) is 0 Å². The molecule has 0 saturated heterocycles. The summed E-state index contributed by atoms with van der Waals surface area (Å²) in [5, 5.41) is 0. The van der Waals surface area contributed by atoms with Crippen LogP contribution in [-0.2, 0) is 4.74 Å². The average molecular weight is 223 g/mol. The molecule has 1 aliphatic rings. The first kappa shape index (κ1) is 10.8. The van der Waals surface area contributed by atoms with Crippen LogP contribution in [0.2, 0.25) is 0 Å². The smallest absolute Gasteiger partial charge is 0.190 e. The van der Waals surface area contributed by atoms with E-state index in [1.165, 1.54) is 7.11 Å². The van der Waals surface area contributed by atoms with Crippen molar-refractivity contribution in [3.63, 3.8) is 0 Å². The number of ether oxygens (including phenoxy) is 3. The van der Waals surface area contributed by atoms with Gasteiger partial charge in [0.2, 0.25) is 0 Å². The summed E-state index contributed by atoms with van der Waals surface area (Å²) in [6, 6.07) is 3.21. The molecule has 1 heterocycles. The molecule has 2 rings (SSSR count). The second-order valence-electron chi connectivity index (χ2n) is 3.44. The molecule has 0 aromatic heterocycles. The minimum absolute atomic E-state index is 0.00381. The van der Waals surface area contributed by atoms with Gasteiger partial charge in [-0.1, -0.05) is 0 Å². The molecule has 0 unspecified atom stereocenters. The van der Waals surface area contributed by atoms with Gasteiger partial charge in [0.05, 0.1) is 0 Å². The summed E-state index contributed by atoms with van der Waals surface area (Å²) in [7, 11) is 1.46. The van der Waals surface area contributed by atoms with E-state index in [9.17, 15) is 4.79 Å². The highest BCUT2D eigenvalue weighted by molar-refractivity contribution is 6.02. The maximum Gasteiger partial charge on any atom is 0.190 e. The molecule has 0 atom stereocenters. The third-order valence-corrected chi connectivity index (χ3v) is 2.29. The van der Waals surface area contributed by atoms with E-state index < -0.39 is 0 Å². The second-order valence-corrected chi connectivity index (χ2v) is 3.44. The number of benzene rings is 1. The third-order valence-electron chi connectivity index (χ3n) is 2.29. The van der Waals surface area contributed by atoms with Gasteiger partial charge in [0.15, 0.2) is 17.3 Å². The Morgan fingerprint density at radius 1 is 1.38 bits per heavy atom. The van der Waals surface area contributed by atoms with Gasteiger partial charge in [-0.05, 0) is 6.07 Å². The third kappa shape index (κ3) is 1.94. The fourth-order valence-electron chi connectivity index (χ4n) is 1.55. The normalized spacial score (nSPS) is 13.6. The van der Waals surface area contributed by atoms with Gasteiger partial charge in [0.1, 0.15) is 19.8 Å². The largest absolute Gasteiger partial charge is 0.486 e. The zero-order valence-electron chi connectivity index (χ0n) is 8.99. The zero-order valence-corrected chi connectivity index (χ0v) is 8.99. The number of rotatable bonds is 3. The summed E-state index contributed by atoms with van der Waals surface area (Å²) < 4.78 is 15.5. The Kier molecular flexibility index (Phi) is 2.96. The SMILES string of the molecule is COCC(=O)c1cc2c(cc1N)OCCO2. The molecule has 1 aliphatic heterocycles. The number of nitrogen functional groups attached to an aromatic ring is 1. The molecule has 0 radical (unpaired) electrons. The lowest BCUT2D eigenvalue weighted by atomic mass is 10.1. The Morgan fingerprint density at radius 2 is 2.00 bits per heavy atom. The molecule has 0 amide bonds. The Morgan fingerprint density at radius 3 is 2.62 bits per heavy atom. The van der Waals surface area contributed by atoms with Crippen LogP contribution in [-0.4, -0.2) is 32.7 Å². The Hall–Kier alpha value is -1.75. The first-order chi connectivity index (χ1) is 7.72. The van der Waals surface area contributed by atoms with Crippen LogP contribution in [0, 0.1) is 0 Å². The van der Waals surface area contributed by atoms with Gasteiger partial charge in [-0.3, -0.25) is 4.79 Å². The molecule has 0 aliphatic carbocycles. The maximum atomic E-state index is 11.6. The summed E-state index contributed by atoms with van der Waals surface area (Å²) in [6.45, 7) is 0.983. The van der Waals surface area contributed by atoms with Crippen LogP contribution in [0.3, 0.4) is 0 Å². The lowest BCUT2D eigenvalue weighted by molar-refractivity contribution is 0.0848. The van der Waals surface area contributed by atoms with Crippen molar-refractivity contribution >= 4 is 11.5 Å². The van der Waals surface area contributed by atoms with E-state index in [1.54, 1.807) is 12.1 Å². The highest BCUT2D eigenvalue weighted by Gasteiger charge is 2.18. The summed E-state index contributed by atoms with van der Waals surface area (Å²) >= 11 is 0. The van der Waals surface area contributed by atoms with E-state index in [4.69, 9.17) is 19.9 Å². The van der Waals surface area contributed by atoms with Crippen LogP contribution in [0.1, 0.15) is 10.4 Å². The molecule has 86 valence electrons. The van der Waals surface area contributed by atoms with Crippen molar-refractivity contribution in [1.29, 1.82) is 0 Å². The Labute approximate surface area is 93.1 Å². The number of hydrogen-bond donors (Lipinski definition) is 1. The molecule has 0 bridgehead atoms. The first-order valence-electron chi connectivity index (χ1n) is 4.93. The van der Waals surface area contributed by atoms with Crippen molar-refractivity contribution in [2.45, 2.75) is 0 Å². The van der Waals surface area contributed by atoms with Gasteiger partial charge in [-0.25, -0.2) is 0 Å². The summed E-state index contributed by atoms with van der Waals surface area (Å²) in [4.78, 5) is 11.6. The van der Waals surface area contributed by atoms with Crippen LogP contribution in [0.4, 0.5) is 5.69 Å². The molecule has 0 saturated carbocycles. The molecule has 5 heteroatoms. The molecule has 5 nitrogen and oxygen atoms in total. The zero-order chi connectivity index (χ0) is 11.5. The monoisotopic (exact) mass is 223 g/mol. The minimum atomic E-state index is -0.169. The van der Waals surface area contributed by atoms with Gasteiger partial charge in [-0.2, -0.15) is 0 Å². The standard InChI is InChI=1S/C11H13NO4/c1-14-6-9(13)7-4-10-11(5-8(7)12)16-3-2-15-10/h4-5H,2-3,6,12H2,1H3. The second kappa shape index (κ2) is 4.40. The van der Waals surface area contributed by atoms with Gasteiger partial charge in [0, 0.05) is 24.4 Å². The van der Waals surface area contributed by atoms with Crippen molar-refractivity contribution in [1.82, 2.24) is 0 Å². The van der Waals surface area contributed by atoms with Crippen molar-refractivity contribution in [3.05, 3.63) is 17.7 Å². The van der Waals surface area contributed by atoms with E-state index in [2.05, 4.69) is 0 Å². The number of hydrogen-bond acceptors (Lipinski definition) is 5. The number of carbonyl (C=O) groups is 1.